The summed E-state index contributed by atoms with van der Waals surface area (Å²) in [6.45, 7) is 4.57. The Hall–Kier alpha value is -2.86. The van der Waals surface area contributed by atoms with Gasteiger partial charge < -0.3 is 9.73 Å². The average molecular weight is 379 g/mol. The van der Waals surface area contributed by atoms with Gasteiger partial charge in [0.25, 0.3) is 0 Å². The molecule has 1 amide bonds. The van der Waals surface area contributed by atoms with Gasteiger partial charge in [-0.2, -0.15) is 0 Å². The van der Waals surface area contributed by atoms with Gasteiger partial charge in [0, 0.05) is 25.7 Å². The van der Waals surface area contributed by atoms with E-state index < -0.39 is 11.8 Å². The Balaban J connectivity index is 1.35. The Morgan fingerprint density at radius 1 is 1.11 bits per heavy atom. The number of nitrogens with zero attached hydrogens (tertiary/aromatic N) is 2. The van der Waals surface area contributed by atoms with Gasteiger partial charge in [-0.25, -0.2) is 4.79 Å². The Morgan fingerprint density at radius 3 is 2.54 bits per heavy atom. The van der Waals surface area contributed by atoms with Crippen LogP contribution < -0.4 is 11.1 Å². The summed E-state index contributed by atoms with van der Waals surface area (Å²) in [6, 6.07) is 17.1. The fourth-order valence-electron chi connectivity index (χ4n) is 3.87. The fourth-order valence-corrected chi connectivity index (χ4v) is 3.87. The zero-order valence-corrected chi connectivity index (χ0v) is 16.0. The number of carbonyl (C=O) groups is 1. The Morgan fingerprint density at radius 2 is 1.79 bits per heavy atom. The van der Waals surface area contributed by atoms with Gasteiger partial charge in [0.05, 0.1) is 5.52 Å². The monoisotopic (exact) mass is 379 g/mol. The topological polar surface area (TPSA) is 67.5 Å². The quantitative estimate of drug-likeness (QED) is 0.740. The number of carbonyl (C=O) groups excluding carboxylic acids is 1. The normalized spacial score (nSPS) is 16.9. The van der Waals surface area contributed by atoms with Crippen LogP contribution in [-0.2, 0) is 11.3 Å². The molecule has 1 aliphatic rings. The van der Waals surface area contributed by atoms with Gasteiger partial charge in [0.15, 0.2) is 5.58 Å². The predicted octanol–water partition coefficient (Wildman–Crippen LogP) is 2.94. The maximum absolute atomic E-state index is 12.8. The molecule has 146 valence electrons. The third kappa shape index (κ3) is 3.87. The third-order valence-corrected chi connectivity index (χ3v) is 5.47. The van der Waals surface area contributed by atoms with Crippen molar-refractivity contribution in [3.63, 3.8) is 0 Å². The van der Waals surface area contributed by atoms with Crippen molar-refractivity contribution in [2.75, 3.05) is 13.1 Å². The third-order valence-electron chi connectivity index (χ3n) is 5.47. The maximum atomic E-state index is 12.8. The van der Waals surface area contributed by atoms with Crippen molar-refractivity contribution in [2.45, 2.75) is 38.4 Å². The van der Waals surface area contributed by atoms with E-state index in [1.165, 1.54) is 10.1 Å². The second-order valence-electron chi connectivity index (χ2n) is 7.43. The van der Waals surface area contributed by atoms with E-state index in [1.54, 1.807) is 19.1 Å². The molecule has 0 aliphatic carbocycles. The second kappa shape index (κ2) is 8.02. The van der Waals surface area contributed by atoms with Gasteiger partial charge in [-0.3, -0.25) is 14.3 Å². The number of piperidine rings is 1. The summed E-state index contributed by atoms with van der Waals surface area (Å²) in [5, 5.41) is 3.12. The van der Waals surface area contributed by atoms with E-state index in [9.17, 15) is 9.59 Å². The lowest BCUT2D eigenvalue weighted by atomic mass is 10.0. The Kier molecular flexibility index (Phi) is 5.30. The summed E-state index contributed by atoms with van der Waals surface area (Å²) >= 11 is 0. The summed E-state index contributed by atoms with van der Waals surface area (Å²) in [6.07, 6.45) is 1.82. The average Bonchev–Trinajstić information content (AvgIpc) is 3.05. The van der Waals surface area contributed by atoms with Crippen molar-refractivity contribution in [3.05, 3.63) is 70.7 Å². The molecule has 1 saturated heterocycles. The fraction of sp³-hybridized carbons (Fsp3) is 0.364. The number of para-hydroxylation sites is 2. The molecule has 0 radical (unpaired) electrons. The first-order valence-corrected chi connectivity index (χ1v) is 9.78. The van der Waals surface area contributed by atoms with Crippen LogP contribution in [0, 0.1) is 0 Å². The molecule has 6 nitrogen and oxygen atoms in total. The summed E-state index contributed by atoms with van der Waals surface area (Å²) < 4.78 is 6.68. The number of hydrogen-bond acceptors (Lipinski definition) is 4. The van der Waals surface area contributed by atoms with Crippen molar-refractivity contribution in [2.24, 2.45) is 0 Å². The number of benzene rings is 2. The van der Waals surface area contributed by atoms with Crippen LogP contribution in [-0.4, -0.2) is 34.5 Å². The van der Waals surface area contributed by atoms with E-state index >= 15 is 0 Å². The molecule has 1 atom stereocenters. The SMILES string of the molecule is CC(C(=O)NC1CCN(Cc2ccccc2)CC1)n1c(=O)oc2ccccc21. The number of hydrogen-bond donors (Lipinski definition) is 1. The van der Waals surface area contributed by atoms with Gasteiger partial charge in [-0.1, -0.05) is 42.5 Å². The molecule has 1 fully saturated rings. The maximum Gasteiger partial charge on any atom is 0.420 e. The standard InChI is InChI=1S/C22H25N3O3/c1-16(25-19-9-5-6-10-20(19)28-22(25)27)21(26)23-18-11-13-24(14-12-18)15-17-7-3-2-4-8-17/h2-10,16,18H,11-15H2,1H3,(H,23,26). The van der Waals surface area contributed by atoms with E-state index in [0.717, 1.165) is 32.5 Å². The van der Waals surface area contributed by atoms with E-state index in [2.05, 4.69) is 34.5 Å². The molecular formula is C22H25N3O3. The van der Waals surface area contributed by atoms with Crippen LogP contribution in [0.25, 0.3) is 11.1 Å². The van der Waals surface area contributed by atoms with Gasteiger partial charge in [-0.05, 0) is 37.5 Å². The Bertz CT molecular complexity index is 1000. The highest BCUT2D eigenvalue weighted by atomic mass is 16.4. The van der Waals surface area contributed by atoms with Gasteiger partial charge in [0.2, 0.25) is 5.91 Å². The molecule has 0 saturated carbocycles. The molecule has 1 aromatic heterocycles. The molecule has 0 spiro atoms. The molecule has 2 aromatic carbocycles. The van der Waals surface area contributed by atoms with Crippen molar-refractivity contribution >= 4 is 17.0 Å². The van der Waals surface area contributed by atoms with Gasteiger partial charge in [-0.15, -0.1) is 0 Å². The van der Waals surface area contributed by atoms with Crippen molar-refractivity contribution in [1.82, 2.24) is 14.8 Å². The van der Waals surface area contributed by atoms with Crippen LogP contribution >= 0.6 is 0 Å². The summed E-state index contributed by atoms with van der Waals surface area (Å²) in [5.41, 5.74) is 2.46. The molecule has 2 heterocycles. The lowest BCUT2D eigenvalue weighted by molar-refractivity contribution is -0.125. The zero-order chi connectivity index (χ0) is 19.5. The van der Waals surface area contributed by atoms with Crippen LogP contribution in [0.2, 0.25) is 0 Å². The molecule has 28 heavy (non-hydrogen) atoms. The van der Waals surface area contributed by atoms with Crippen LogP contribution in [0.1, 0.15) is 31.4 Å². The summed E-state index contributed by atoms with van der Waals surface area (Å²) in [5.74, 6) is -0.642. The second-order valence-corrected chi connectivity index (χ2v) is 7.43. The van der Waals surface area contributed by atoms with E-state index in [4.69, 9.17) is 4.42 Å². The first kappa shape index (κ1) is 18.5. The number of rotatable bonds is 5. The zero-order valence-electron chi connectivity index (χ0n) is 16.0. The van der Waals surface area contributed by atoms with Gasteiger partial charge in [0.1, 0.15) is 6.04 Å². The smallest absolute Gasteiger partial charge is 0.408 e. The highest BCUT2D eigenvalue weighted by Crippen LogP contribution is 2.18. The minimum absolute atomic E-state index is 0.135. The number of amides is 1. The Labute approximate surface area is 163 Å². The highest BCUT2D eigenvalue weighted by Gasteiger charge is 2.25. The first-order chi connectivity index (χ1) is 13.6. The number of likely N-dealkylation sites (tertiary alicyclic amines) is 1. The van der Waals surface area contributed by atoms with Crippen LogP contribution in [0.4, 0.5) is 0 Å². The minimum atomic E-state index is -0.613. The molecule has 3 aromatic rings. The van der Waals surface area contributed by atoms with Crippen LogP contribution in [0.15, 0.2) is 63.8 Å². The first-order valence-electron chi connectivity index (χ1n) is 9.78. The summed E-state index contributed by atoms with van der Waals surface area (Å²) in [4.78, 5) is 27.4. The number of fused-ring (bicyclic) bond motifs is 1. The largest absolute Gasteiger partial charge is 0.420 e. The van der Waals surface area contributed by atoms with Crippen LogP contribution in [0.3, 0.4) is 0 Å². The molecular weight excluding hydrogens is 354 g/mol. The molecule has 1 N–H and O–H groups in total. The number of aromatic nitrogens is 1. The molecule has 1 aliphatic heterocycles. The molecule has 6 heteroatoms. The lowest BCUT2D eigenvalue weighted by Crippen LogP contribution is -2.46. The minimum Gasteiger partial charge on any atom is -0.408 e. The number of nitrogens with one attached hydrogen (secondary N) is 1. The number of oxazole rings is 1. The van der Waals surface area contributed by atoms with Gasteiger partial charge >= 0.3 is 5.76 Å². The van der Waals surface area contributed by atoms with E-state index in [1.807, 2.05) is 18.2 Å². The predicted molar refractivity (Wildman–Crippen MR) is 108 cm³/mol. The van der Waals surface area contributed by atoms with E-state index in [-0.39, 0.29) is 11.9 Å². The lowest BCUT2D eigenvalue weighted by Gasteiger charge is -2.32. The van der Waals surface area contributed by atoms with Crippen molar-refractivity contribution in [1.29, 1.82) is 0 Å². The van der Waals surface area contributed by atoms with Crippen molar-refractivity contribution < 1.29 is 9.21 Å². The molecule has 0 bridgehead atoms. The highest BCUT2D eigenvalue weighted by molar-refractivity contribution is 5.83. The van der Waals surface area contributed by atoms with Crippen LogP contribution in [0.5, 0.6) is 0 Å². The van der Waals surface area contributed by atoms with E-state index in [0.29, 0.717) is 11.1 Å². The summed E-state index contributed by atoms with van der Waals surface area (Å²) in [7, 11) is 0. The molecule has 1 unspecified atom stereocenters. The van der Waals surface area contributed by atoms with Crippen molar-refractivity contribution in [3.8, 4) is 0 Å². The molecule has 4 rings (SSSR count).